The fourth-order valence-corrected chi connectivity index (χ4v) is 2.63. The highest BCUT2D eigenvalue weighted by Gasteiger charge is 2.12. The average molecular weight is 285 g/mol. The van der Waals surface area contributed by atoms with Crippen LogP contribution in [0.3, 0.4) is 0 Å². The summed E-state index contributed by atoms with van der Waals surface area (Å²) >= 11 is 1.72. The molecule has 1 N–H and O–H groups in total. The molecule has 1 aromatic carbocycles. The van der Waals surface area contributed by atoms with E-state index in [1.54, 1.807) is 28.6 Å². The monoisotopic (exact) mass is 285 g/mol. The fourth-order valence-electron chi connectivity index (χ4n) is 2.22. The van der Waals surface area contributed by atoms with Crippen molar-refractivity contribution in [1.29, 1.82) is 0 Å². The maximum Gasteiger partial charge on any atom is 0.236 e. The van der Waals surface area contributed by atoms with Crippen molar-refractivity contribution in [3.05, 3.63) is 53.5 Å². The highest BCUT2D eigenvalue weighted by molar-refractivity contribution is 7.98. The molecule has 0 saturated heterocycles. The molecule has 0 fully saturated rings. The molecule has 0 aliphatic rings. The molecule has 0 aliphatic heterocycles. The minimum atomic E-state index is 0.221. The smallest absolute Gasteiger partial charge is 0.236 e. The molecule has 0 amide bonds. The first-order valence-corrected chi connectivity index (χ1v) is 7.56. The summed E-state index contributed by atoms with van der Waals surface area (Å²) in [7, 11) is 0. The van der Waals surface area contributed by atoms with Crippen LogP contribution in [0.5, 0.6) is 5.88 Å². The maximum absolute atomic E-state index is 10.4. The Bertz CT molecular complexity index is 750. The van der Waals surface area contributed by atoms with Crippen molar-refractivity contribution in [3.63, 3.8) is 0 Å². The second-order valence-corrected chi connectivity index (χ2v) is 5.50. The molecule has 0 spiro atoms. The van der Waals surface area contributed by atoms with Crippen LogP contribution in [-0.4, -0.2) is 25.7 Å². The zero-order valence-corrected chi connectivity index (χ0v) is 12.2. The second-order valence-electron chi connectivity index (χ2n) is 4.62. The second kappa shape index (κ2) is 5.17. The quantitative estimate of drug-likeness (QED) is 0.751. The lowest BCUT2D eigenvalue weighted by molar-refractivity contribution is 0.437. The Kier molecular flexibility index (Phi) is 3.36. The third kappa shape index (κ3) is 2.25. The van der Waals surface area contributed by atoms with Gasteiger partial charge in [0.05, 0.1) is 5.69 Å². The standard InChI is InChI=1S/C15H15N3OS/c1-10-13(9-11-3-5-12(20-2)6-4-11)14(19)18-8-7-16-15(18)17-10/h3-8,19H,9H2,1-2H3. The number of fused-ring (bicyclic) bond motifs is 1. The lowest BCUT2D eigenvalue weighted by Gasteiger charge is -2.10. The van der Waals surface area contributed by atoms with Gasteiger partial charge in [0.1, 0.15) is 0 Å². The normalized spacial score (nSPS) is 11.1. The molecule has 2 aromatic heterocycles. The van der Waals surface area contributed by atoms with Crippen LogP contribution >= 0.6 is 11.8 Å². The van der Waals surface area contributed by atoms with Gasteiger partial charge in [-0.05, 0) is 30.9 Å². The molecular formula is C15H15N3OS. The van der Waals surface area contributed by atoms with Gasteiger partial charge in [-0.2, -0.15) is 0 Å². The first kappa shape index (κ1) is 13.0. The molecule has 3 aromatic rings. The Labute approximate surface area is 121 Å². The number of aryl methyl sites for hydroxylation is 1. The van der Waals surface area contributed by atoms with Gasteiger partial charge in [0.15, 0.2) is 0 Å². The molecule has 3 rings (SSSR count). The van der Waals surface area contributed by atoms with Crippen molar-refractivity contribution < 1.29 is 5.11 Å². The minimum absolute atomic E-state index is 0.221. The fraction of sp³-hybridized carbons (Fsp3) is 0.200. The molecule has 4 nitrogen and oxygen atoms in total. The Morgan fingerprint density at radius 3 is 2.70 bits per heavy atom. The Balaban J connectivity index is 2.00. The van der Waals surface area contributed by atoms with Gasteiger partial charge in [-0.3, -0.25) is 4.40 Å². The van der Waals surface area contributed by atoms with E-state index in [1.807, 2.05) is 6.92 Å². The van der Waals surface area contributed by atoms with Gasteiger partial charge in [0, 0.05) is 29.3 Å². The number of imidazole rings is 1. The van der Waals surface area contributed by atoms with Gasteiger partial charge < -0.3 is 5.11 Å². The van der Waals surface area contributed by atoms with Crippen molar-refractivity contribution in [3.8, 4) is 5.88 Å². The number of benzene rings is 1. The van der Waals surface area contributed by atoms with Gasteiger partial charge in [0.25, 0.3) is 0 Å². The van der Waals surface area contributed by atoms with Crippen molar-refractivity contribution >= 4 is 17.5 Å². The molecule has 2 heterocycles. The van der Waals surface area contributed by atoms with Gasteiger partial charge in [0.2, 0.25) is 11.7 Å². The van der Waals surface area contributed by atoms with Crippen LogP contribution in [0, 0.1) is 6.92 Å². The molecule has 20 heavy (non-hydrogen) atoms. The number of aromatic nitrogens is 3. The molecule has 0 radical (unpaired) electrons. The van der Waals surface area contributed by atoms with Gasteiger partial charge >= 0.3 is 0 Å². The van der Waals surface area contributed by atoms with E-state index in [1.165, 1.54) is 4.90 Å². The van der Waals surface area contributed by atoms with Crippen molar-refractivity contribution in [2.75, 3.05) is 6.26 Å². The molecule has 5 heteroatoms. The van der Waals surface area contributed by atoms with E-state index in [0.717, 1.165) is 16.8 Å². The van der Waals surface area contributed by atoms with Crippen molar-refractivity contribution in [2.24, 2.45) is 0 Å². The molecule has 0 saturated carbocycles. The summed E-state index contributed by atoms with van der Waals surface area (Å²) in [6.45, 7) is 1.90. The van der Waals surface area contributed by atoms with E-state index in [4.69, 9.17) is 0 Å². The van der Waals surface area contributed by atoms with Gasteiger partial charge in [-0.1, -0.05) is 12.1 Å². The third-order valence-electron chi connectivity index (χ3n) is 3.36. The highest BCUT2D eigenvalue weighted by atomic mass is 32.2. The summed E-state index contributed by atoms with van der Waals surface area (Å²) < 4.78 is 1.61. The molecular weight excluding hydrogens is 270 g/mol. The van der Waals surface area contributed by atoms with E-state index >= 15 is 0 Å². The molecule has 102 valence electrons. The number of nitrogens with zero attached hydrogens (tertiary/aromatic N) is 3. The number of aromatic hydroxyl groups is 1. The zero-order valence-electron chi connectivity index (χ0n) is 11.4. The Hall–Kier alpha value is -2.01. The third-order valence-corrected chi connectivity index (χ3v) is 4.11. The number of rotatable bonds is 3. The van der Waals surface area contributed by atoms with Gasteiger partial charge in [-0.15, -0.1) is 11.8 Å². The molecule has 0 unspecified atom stereocenters. The summed E-state index contributed by atoms with van der Waals surface area (Å²) in [5.74, 6) is 0.750. The van der Waals surface area contributed by atoms with Crippen molar-refractivity contribution in [1.82, 2.24) is 14.4 Å². The van der Waals surface area contributed by atoms with E-state index in [2.05, 4.69) is 40.5 Å². The van der Waals surface area contributed by atoms with Gasteiger partial charge in [-0.25, -0.2) is 9.97 Å². The Morgan fingerprint density at radius 2 is 2.00 bits per heavy atom. The summed E-state index contributed by atoms with van der Waals surface area (Å²) in [4.78, 5) is 9.75. The zero-order chi connectivity index (χ0) is 14.1. The summed E-state index contributed by atoms with van der Waals surface area (Å²) in [5, 5.41) is 10.4. The SMILES string of the molecule is CSc1ccc(Cc2c(C)nc3nccn3c2O)cc1. The average Bonchev–Trinajstić information content (AvgIpc) is 2.92. The first-order chi connectivity index (χ1) is 9.69. The highest BCUT2D eigenvalue weighted by Crippen LogP contribution is 2.24. The van der Waals surface area contributed by atoms with Crippen LogP contribution in [-0.2, 0) is 6.42 Å². The summed E-state index contributed by atoms with van der Waals surface area (Å²) in [6, 6.07) is 8.36. The number of thioether (sulfide) groups is 1. The predicted molar refractivity (Wildman–Crippen MR) is 80.4 cm³/mol. The van der Waals surface area contributed by atoms with Crippen LogP contribution in [0.15, 0.2) is 41.6 Å². The van der Waals surface area contributed by atoms with Crippen LogP contribution < -0.4 is 0 Å². The lowest BCUT2D eigenvalue weighted by atomic mass is 10.0. The van der Waals surface area contributed by atoms with E-state index in [0.29, 0.717) is 12.2 Å². The van der Waals surface area contributed by atoms with Crippen LogP contribution in [0.25, 0.3) is 5.78 Å². The molecule has 0 bridgehead atoms. The van der Waals surface area contributed by atoms with E-state index in [-0.39, 0.29) is 5.88 Å². The molecule has 0 aliphatic carbocycles. The van der Waals surface area contributed by atoms with Crippen LogP contribution in [0.2, 0.25) is 0 Å². The van der Waals surface area contributed by atoms with Crippen LogP contribution in [0.4, 0.5) is 0 Å². The van der Waals surface area contributed by atoms with Crippen LogP contribution in [0.1, 0.15) is 16.8 Å². The first-order valence-electron chi connectivity index (χ1n) is 6.33. The maximum atomic E-state index is 10.4. The lowest BCUT2D eigenvalue weighted by Crippen LogP contribution is -2.01. The summed E-state index contributed by atoms with van der Waals surface area (Å²) in [6.07, 6.45) is 6.07. The van der Waals surface area contributed by atoms with E-state index < -0.39 is 0 Å². The largest absolute Gasteiger partial charge is 0.494 e. The Morgan fingerprint density at radius 1 is 1.25 bits per heavy atom. The topological polar surface area (TPSA) is 50.4 Å². The number of hydrogen-bond acceptors (Lipinski definition) is 4. The minimum Gasteiger partial charge on any atom is -0.494 e. The predicted octanol–water partition coefficient (Wildman–Crippen LogP) is 3.06. The van der Waals surface area contributed by atoms with E-state index in [9.17, 15) is 5.11 Å². The molecule has 0 atom stereocenters. The van der Waals surface area contributed by atoms with Crippen molar-refractivity contribution in [2.45, 2.75) is 18.2 Å². The summed E-state index contributed by atoms with van der Waals surface area (Å²) in [5.41, 5.74) is 2.81. The number of hydrogen-bond donors (Lipinski definition) is 1.